The molecule has 11 nitrogen and oxygen atoms in total. The third kappa shape index (κ3) is 9.27. The van der Waals surface area contributed by atoms with Crippen LogP contribution in [0.25, 0.3) is 0 Å². The van der Waals surface area contributed by atoms with E-state index in [0.29, 0.717) is 5.15 Å². The minimum absolute atomic E-state index is 0.0493. The summed E-state index contributed by atoms with van der Waals surface area (Å²) in [5.74, 6) is 0.268. The fourth-order valence-corrected chi connectivity index (χ4v) is 4.72. The van der Waals surface area contributed by atoms with Crippen molar-refractivity contribution in [3.63, 3.8) is 0 Å². The fraction of sp³-hybridized carbons (Fsp3) is 0.467. The van der Waals surface area contributed by atoms with Gasteiger partial charge in [-0.25, -0.2) is 9.78 Å². The van der Waals surface area contributed by atoms with Crippen molar-refractivity contribution >= 4 is 52.9 Å². The number of piperidine rings is 1. The van der Waals surface area contributed by atoms with Gasteiger partial charge < -0.3 is 31.2 Å². The van der Waals surface area contributed by atoms with Gasteiger partial charge in [0.25, 0.3) is 5.91 Å². The topological polar surface area (TPSA) is 179 Å². The van der Waals surface area contributed by atoms with Crippen molar-refractivity contribution in [3.05, 3.63) is 52.7 Å². The summed E-state index contributed by atoms with van der Waals surface area (Å²) >= 11 is 5.57. The normalized spacial score (nSPS) is 18.4. The van der Waals surface area contributed by atoms with Gasteiger partial charge in [-0.05, 0) is 67.3 Å². The lowest BCUT2D eigenvalue weighted by Crippen LogP contribution is -2.48. The van der Waals surface area contributed by atoms with Gasteiger partial charge in [-0.1, -0.05) is 45.4 Å². The van der Waals surface area contributed by atoms with Crippen molar-refractivity contribution in [2.45, 2.75) is 59.0 Å². The molecule has 12 heteroatoms. The summed E-state index contributed by atoms with van der Waals surface area (Å²) in [6, 6.07) is 8.87. The van der Waals surface area contributed by atoms with Crippen molar-refractivity contribution < 1.29 is 24.3 Å². The SMILES string of the molecule is CC(C)C(C)C.CNc1cccc(Cl)n1.N=C(C(N)=O)c1ccc(C(=O)O)cc1NCC(=O)N1C2CCC(C2)C1C=O. The number of nitrogens with two attached hydrogens (primary N) is 1. The lowest BCUT2D eigenvalue weighted by atomic mass is 10.00. The van der Waals surface area contributed by atoms with Crippen molar-refractivity contribution in [1.29, 1.82) is 5.41 Å². The Morgan fingerprint density at radius 2 is 1.83 bits per heavy atom. The first-order chi connectivity index (χ1) is 19.8. The van der Waals surface area contributed by atoms with Crippen LogP contribution in [0, 0.1) is 23.2 Å². The lowest BCUT2D eigenvalue weighted by molar-refractivity contribution is -0.136. The Bertz CT molecular complexity index is 1280. The molecule has 228 valence electrons. The molecule has 3 atom stereocenters. The van der Waals surface area contributed by atoms with Gasteiger partial charge in [-0.15, -0.1) is 0 Å². The van der Waals surface area contributed by atoms with E-state index in [4.69, 9.17) is 27.9 Å². The number of rotatable bonds is 9. The Morgan fingerprint density at radius 3 is 2.33 bits per heavy atom. The monoisotopic (exact) mass is 600 g/mol. The molecule has 2 fully saturated rings. The zero-order valence-electron chi connectivity index (χ0n) is 24.7. The molecule has 1 aromatic heterocycles. The lowest BCUT2D eigenvalue weighted by Gasteiger charge is -2.32. The number of pyridine rings is 1. The highest BCUT2D eigenvalue weighted by Crippen LogP contribution is 2.41. The molecule has 2 amide bonds. The Labute approximate surface area is 251 Å². The number of aromatic carboxylic acids is 1. The zero-order valence-corrected chi connectivity index (χ0v) is 25.4. The number of fused-ring (bicyclic) bond motifs is 2. The number of nitrogens with one attached hydrogen (secondary N) is 3. The molecular formula is C30H41ClN6O5. The third-order valence-electron chi connectivity index (χ3n) is 7.59. The van der Waals surface area contributed by atoms with E-state index in [1.165, 1.54) is 18.2 Å². The third-order valence-corrected chi connectivity index (χ3v) is 7.80. The minimum atomic E-state index is -1.18. The van der Waals surface area contributed by atoms with Crippen LogP contribution in [0.15, 0.2) is 36.4 Å². The molecule has 1 aliphatic carbocycles. The smallest absolute Gasteiger partial charge is 0.335 e. The van der Waals surface area contributed by atoms with Gasteiger partial charge in [0, 0.05) is 24.3 Å². The number of carboxylic acids is 1. The van der Waals surface area contributed by atoms with Crippen LogP contribution in [0.2, 0.25) is 5.15 Å². The number of halogens is 1. The molecule has 1 saturated carbocycles. The van der Waals surface area contributed by atoms with Crippen LogP contribution in [0.3, 0.4) is 0 Å². The molecule has 42 heavy (non-hydrogen) atoms. The molecule has 3 unspecified atom stereocenters. The number of hydrogen-bond acceptors (Lipinski definition) is 8. The highest BCUT2D eigenvalue weighted by molar-refractivity contribution is 6.44. The van der Waals surface area contributed by atoms with Crippen LogP contribution in [0.5, 0.6) is 0 Å². The van der Waals surface area contributed by atoms with E-state index in [-0.39, 0.29) is 41.2 Å². The molecule has 4 rings (SSSR count). The van der Waals surface area contributed by atoms with Crippen LogP contribution in [0.4, 0.5) is 11.5 Å². The maximum atomic E-state index is 12.7. The second kappa shape index (κ2) is 15.9. The first kappa shape index (κ1) is 34.2. The number of carbonyl (C=O) groups excluding carboxylic acids is 3. The summed E-state index contributed by atoms with van der Waals surface area (Å²) in [5, 5.41) is 23.1. The number of aldehydes is 1. The number of carbonyl (C=O) groups is 4. The second-order valence-corrected chi connectivity index (χ2v) is 11.3. The largest absolute Gasteiger partial charge is 0.478 e. The minimum Gasteiger partial charge on any atom is -0.478 e. The number of likely N-dealkylation sites (tertiary alicyclic amines) is 1. The Morgan fingerprint density at radius 1 is 1.17 bits per heavy atom. The molecule has 2 heterocycles. The summed E-state index contributed by atoms with van der Waals surface area (Å²) < 4.78 is 0. The molecule has 6 N–H and O–H groups in total. The molecular weight excluding hydrogens is 560 g/mol. The number of anilines is 2. The summed E-state index contributed by atoms with van der Waals surface area (Å²) in [4.78, 5) is 52.1. The number of hydrogen-bond donors (Lipinski definition) is 5. The summed E-state index contributed by atoms with van der Waals surface area (Å²) in [7, 11) is 1.80. The highest BCUT2D eigenvalue weighted by atomic mass is 35.5. The van der Waals surface area contributed by atoms with Crippen LogP contribution >= 0.6 is 11.6 Å². The predicted molar refractivity (Wildman–Crippen MR) is 164 cm³/mol. The van der Waals surface area contributed by atoms with Crippen molar-refractivity contribution in [1.82, 2.24) is 9.88 Å². The van der Waals surface area contributed by atoms with E-state index in [2.05, 4.69) is 43.3 Å². The summed E-state index contributed by atoms with van der Waals surface area (Å²) in [5.41, 5.74) is 4.85. The first-order valence-electron chi connectivity index (χ1n) is 13.9. The average molecular weight is 601 g/mol. The van der Waals surface area contributed by atoms with E-state index in [1.54, 1.807) is 18.0 Å². The van der Waals surface area contributed by atoms with E-state index in [1.807, 2.05) is 12.1 Å². The van der Waals surface area contributed by atoms with Gasteiger partial charge in [0.2, 0.25) is 5.91 Å². The van der Waals surface area contributed by atoms with Gasteiger partial charge in [-0.2, -0.15) is 0 Å². The highest BCUT2D eigenvalue weighted by Gasteiger charge is 2.47. The van der Waals surface area contributed by atoms with Crippen LogP contribution in [-0.2, 0) is 14.4 Å². The number of primary amides is 1. The molecule has 0 radical (unpaired) electrons. The van der Waals surface area contributed by atoms with E-state index in [9.17, 15) is 19.2 Å². The summed E-state index contributed by atoms with van der Waals surface area (Å²) in [6.45, 7) is 8.78. The van der Waals surface area contributed by atoms with Gasteiger partial charge in [0.15, 0.2) is 0 Å². The molecule has 1 aliphatic heterocycles. The fourth-order valence-electron chi connectivity index (χ4n) is 4.56. The van der Waals surface area contributed by atoms with Crippen molar-refractivity contribution in [2.24, 2.45) is 23.5 Å². The summed E-state index contributed by atoms with van der Waals surface area (Å²) in [6.07, 6.45) is 3.43. The van der Waals surface area contributed by atoms with Crippen molar-refractivity contribution in [2.75, 3.05) is 24.2 Å². The number of amides is 2. The maximum Gasteiger partial charge on any atom is 0.335 e. The Kier molecular flexibility index (Phi) is 12.9. The van der Waals surface area contributed by atoms with E-state index < -0.39 is 23.6 Å². The average Bonchev–Trinajstić information content (AvgIpc) is 3.58. The molecule has 1 aromatic carbocycles. The zero-order chi connectivity index (χ0) is 31.6. The van der Waals surface area contributed by atoms with Crippen LogP contribution in [-0.4, -0.2) is 70.4 Å². The number of aromatic nitrogens is 1. The van der Waals surface area contributed by atoms with Crippen LogP contribution in [0.1, 0.15) is 62.9 Å². The van der Waals surface area contributed by atoms with Gasteiger partial charge in [-0.3, -0.25) is 15.0 Å². The van der Waals surface area contributed by atoms with Gasteiger partial charge in [0.1, 0.15) is 23.0 Å². The standard InChI is InChI=1S/C18H20N4O5.C6H7ClN2.C6H14/c19-16(17(20)25)12-4-2-10(18(26)27)6-13(12)21-7-15(24)22-11-3-1-9(5-11)14(22)8-23;1-8-6-4-2-3-5(7)9-6;1-5(2)6(3)4/h2,4,6,8-9,11,14,19,21H,1,3,5,7H2,(H2,20,25)(H,26,27);2-4H,1H3,(H,8,9);5-6H,1-4H3. The van der Waals surface area contributed by atoms with E-state index >= 15 is 0 Å². The van der Waals surface area contributed by atoms with Crippen LogP contribution < -0.4 is 16.4 Å². The molecule has 1 saturated heterocycles. The Balaban J connectivity index is 0.000000336. The predicted octanol–water partition coefficient (Wildman–Crippen LogP) is 4.30. The Hall–Kier alpha value is -3.99. The molecule has 2 aromatic rings. The quantitative estimate of drug-likeness (QED) is 0.160. The molecule has 2 aliphatic rings. The first-order valence-corrected chi connectivity index (χ1v) is 14.2. The second-order valence-electron chi connectivity index (χ2n) is 10.9. The number of benzene rings is 1. The van der Waals surface area contributed by atoms with Gasteiger partial charge >= 0.3 is 5.97 Å². The van der Waals surface area contributed by atoms with E-state index in [0.717, 1.165) is 43.2 Å². The molecule has 0 spiro atoms. The maximum absolute atomic E-state index is 12.7. The molecule has 2 bridgehead atoms. The number of carboxylic acid groups (broad SMARTS) is 1. The van der Waals surface area contributed by atoms with Gasteiger partial charge in [0.05, 0.1) is 18.2 Å². The number of nitrogens with zero attached hydrogens (tertiary/aromatic N) is 2. The van der Waals surface area contributed by atoms with Crippen molar-refractivity contribution in [3.8, 4) is 0 Å².